The highest BCUT2D eigenvalue weighted by molar-refractivity contribution is 5.76. The van der Waals surface area contributed by atoms with Gasteiger partial charge in [-0.25, -0.2) is 0 Å². The van der Waals surface area contributed by atoms with Crippen molar-refractivity contribution in [1.29, 1.82) is 0 Å². The molecule has 6 nitrogen and oxygen atoms in total. The molecule has 2 rings (SSSR count). The highest BCUT2D eigenvalue weighted by Crippen LogP contribution is 2.38. The maximum absolute atomic E-state index is 11.0. The summed E-state index contributed by atoms with van der Waals surface area (Å²) < 4.78 is 15.8. The van der Waals surface area contributed by atoms with Crippen molar-refractivity contribution in [1.82, 2.24) is 0 Å². The summed E-state index contributed by atoms with van der Waals surface area (Å²) in [5.41, 5.74) is 1.35. The molecule has 0 spiro atoms. The first-order valence-corrected chi connectivity index (χ1v) is 6.82. The van der Waals surface area contributed by atoms with Gasteiger partial charge in [-0.15, -0.1) is 0 Å². The Labute approximate surface area is 134 Å². The highest BCUT2D eigenvalue weighted by Gasteiger charge is 2.13. The Morgan fingerprint density at radius 1 is 0.957 bits per heavy atom. The Morgan fingerprint density at radius 2 is 1.57 bits per heavy atom. The van der Waals surface area contributed by atoms with Crippen LogP contribution in [-0.4, -0.2) is 26.3 Å². The van der Waals surface area contributed by atoms with Gasteiger partial charge in [0.25, 0.3) is 5.69 Å². The molecule has 0 unspecified atom stereocenters. The van der Waals surface area contributed by atoms with Crippen molar-refractivity contribution in [2.75, 3.05) is 21.3 Å². The lowest BCUT2D eigenvalue weighted by atomic mass is 10.1. The van der Waals surface area contributed by atoms with Gasteiger partial charge >= 0.3 is 0 Å². The molecule has 0 heterocycles. The van der Waals surface area contributed by atoms with E-state index in [1.165, 1.54) is 27.4 Å². The van der Waals surface area contributed by atoms with Crippen LogP contribution in [0.5, 0.6) is 17.2 Å². The Bertz CT molecular complexity index is 715. The van der Waals surface area contributed by atoms with Gasteiger partial charge in [-0.2, -0.15) is 0 Å². The molecule has 0 fully saturated rings. The summed E-state index contributed by atoms with van der Waals surface area (Å²) in [6.07, 6.45) is 3.44. The molecule has 0 radical (unpaired) electrons. The fraction of sp³-hybridized carbons (Fsp3) is 0.176. The normalized spacial score (nSPS) is 10.6. The van der Waals surface area contributed by atoms with Crippen LogP contribution in [0, 0.1) is 10.1 Å². The summed E-state index contributed by atoms with van der Waals surface area (Å²) in [4.78, 5) is 10.6. The van der Waals surface area contributed by atoms with E-state index in [1.807, 2.05) is 0 Å². The molecule has 0 N–H and O–H groups in total. The van der Waals surface area contributed by atoms with Crippen molar-refractivity contribution in [2.45, 2.75) is 0 Å². The molecule has 0 bridgehead atoms. The maximum Gasteiger partial charge on any atom is 0.276 e. The van der Waals surface area contributed by atoms with Crippen LogP contribution in [-0.2, 0) is 0 Å². The van der Waals surface area contributed by atoms with E-state index in [0.29, 0.717) is 22.8 Å². The van der Waals surface area contributed by atoms with Gasteiger partial charge in [-0.05, 0) is 29.8 Å². The first kappa shape index (κ1) is 16.4. The largest absolute Gasteiger partial charge is 0.493 e. The van der Waals surface area contributed by atoms with Crippen LogP contribution in [0.3, 0.4) is 0 Å². The van der Waals surface area contributed by atoms with Gasteiger partial charge in [-0.3, -0.25) is 10.1 Å². The number of rotatable bonds is 6. The van der Waals surface area contributed by atoms with E-state index in [0.717, 1.165) is 5.56 Å². The number of para-hydroxylation sites is 1. The van der Waals surface area contributed by atoms with Crippen molar-refractivity contribution in [3.63, 3.8) is 0 Å². The van der Waals surface area contributed by atoms with Gasteiger partial charge in [0.05, 0.1) is 31.8 Å². The fourth-order valence-corrected chi connectivity index (χ4v) is 2.18. The molecule has 120 valence electrons. The van der Waals surface area contributed by atoms with Gasteiger partial charge in [0.1, 0.15) is 0 Å². The predicted octanol–water partition coefficient (Wildman–Crippen LogP) is 3.79. The minimum absolute atomic E-state index is 0.0520. The lowest BCUT2D eigenvalue weighted by Crippen LogP contribution is -1.95. The summed E-state index contributed by atoms with van der Waals surface area (Å²) >= 11 is 0. The zero-order valence-electron chi connectivity index (χ0n) is 13.1. The van der Waals surface area contributed by atoms with Crippen molar-refractivity contribution in [3.05, 3.63) is 57.6 Å². The molecule has 0 aliphatic rings. The minimum Gasteiger partial charge on any atom is -0.493 e. The summed E-state index contributed by atoms with van der Waals surface area (Å²) in [5, 5.41) is 11.0. The molecule has 6 heteroatoms. The summed E-state index contributed by atoms with van der Waals surface area (Å²) in [6, 6.07) is 10.1. The SMILES string of the molecule is COc1cc(/C=C/c2ccccc2[N+](=O)[O-])cc(OC)c1OC. The molecule has 0 aliphatic carbocycles. The lowest BCUT2D eigenvalue weighted by molar-refractivity contribution is -0.385. The van der Waals surface area contributed by atoms with Gasteiger partial charge in [0.2, 0.25) is 5.75 Å². The second-order valence-electron chi connectivity index (χ2n) is 4.61. The predicted molar refractivity (Wildman–Crippen MR) is 88.1 cm³/mol. The second kappa shape index (κ2) is 7.31. The third-order valence-corrected chi connectivity index (χ3v) is 3.28. The molecule has 2 aromatic rings. The zero-order chi connectivity index (χ0) is 16.8. The van der Waals surface area contributed by atoms with E-state index in [4.69, 9.17) is 14.2 Å². The summed E-state index contributed by atoms with van der Waals surface area (Å²) in [6.45, 7) is 0. The van der Waals surface area contributed by atoms with Crippen LogP contribution in [0.4, 0.5) is 5.69 Å². The van der Waals surface area contributed by atoms with Crippen LogP contribution < -0.4 is 14.2 Å². The fourth-order valence-electron chi connectivity index (χ4n) is 2.18. The first-order chi connectivity index (χ1) is 11.1. The molecular formula is C17H17NO5. The van der Waals surface area contributed by atoms with Crippen LogP contribution in [0.15, 0.2) is 36.4 Å². The van der Waals surface area contributed by atoms with Gasteiger partial charge in [0, 0.05) is 6.07 Å². The van der Waals surface area contributed by atoms with E-state index in [-0.39, 0.29) is 5.69 Å². The highest BCUT2D eigenvalue weighted by atomic mass is 16.6. The average Bonchev–Trinajstić information content (AvgIpc) is 2.58. The first-order valence-electron chi connectivity index (χ1n) is 6.82. The molecule has 0 atom stereocenters. The van der Waals surface area contributed by atoms with Crippen molar-refractivity contribution in [3.8, 4) is 17.2 Å². The number of benzene rings is 2. The number of hydrogen-bond acceptors (Lipinski definition) is 5. The minimum atomic E-state index is -0.408. The number of nitrogens with zero attached hydrogens (tertiary/aromatic N) is 1. The van der Waals surface area contributed by atoms with Crippen molar-refractivity contribution >= 4 is 17.8 Å². The zero-order valence-corrected chi connectivity index (χ0v) is 13.1. The molecule has 0 amide bonds. The Kier molecular flexibility index (Phi) is 5.19. The molecule has 0 aliphatic heterocycles. The molecular weight excluding hydrogens is 298 g/mol. The van der Waals surface area contributed by atoms with Crippen LogP contribution >= 0.6 is 0 Å². The monoisotopic (exact) mass is 315 g/mol. The Hall–Kier alpha value is -3.02. The topological polar surface area (TPSA) is 70.8 Å². The molecule has 0 saturated carbocycles. The van der Waals surface area contributed by atoms with E-state index in [1.54, 1.807) is 42.5 Å². The summed E-state index contributed by atoms with van der Waals surface area (Å²) in [7, 11) is 4.60. The number of nitro groups is 1. The third kappa shape index (κ3) is 3.60. The van der Waals surface area contributed by atoms with Crippen molar-refractivity contribution in [2.24, 2.45) is 0 Å². The van der Waals surface area contributed by atoms with E-state index >= 15 is 0 Å². The number of ether oxygens (including phenoxy) is 3. The molecule has 0 saturated heterocycles. The average molecular weight is 315 g/mol. The van der Waals surface area contributed by atoms with Gasteiger partial charge < -0.3 is 14.2 Å². The standard InChI is InChI=1S/C17H17NO5/c1-21-15-10-12(11-16(22-2)17(15)23-3)8-9-13-6-4-5-7-14(13)18(19)20/h4-11H,1-3H3/b9-8+. The second-order valence-corrected chi connectivity index (χ2v) is 4.61. The van der Waals surface area contributed by atoms with Crippen LogP contribution in [0.25, 0.3) is 12.2 Å². The van der Waals surface area contributed by atoms with E-state index < -0.39 is 4.92 Å². The molecule has 23 heavy (non-hydrogen) atoms. The van der Waals surface area contributed by atoms with Gasteiger partial charge in [-0.1, -0.05) is 18.2 Å². The maximum atomic E-state index is 11.0. The third-order valence-electron chi connectivity index (χ3n) is 3.28. The molecule has 2 aromatic carbocycles. The Balaban J connectivity index is 2.42. The number of methoxy groups -OCH3 is 3. The van der Waals surface area contributed by atoms with Crippen LogP contribution in [0.1, 0.15) is 11.1 Å². The Morgan fingerprint density at radius 3 is 2.09 bits per heavy atom. The smallest absolute Gasteiger partial charge is 0.276 e. The van der Waals surface area contributed by atoms with Gasteiger partial charge in [0.15, 0.2) is 11.5 Å². The number of hydrogen-bond donors (Lipinski definition) is 0. The van der Waals surface area contributed by atoms with E-state index in [2.05, 4.69) is 0 Å². The lowest BCUT2D eigenvalue weighted by Gasteiger charge is -2.12. The quantitative estimate of drug-likeness (QED) is 0.461. The molecule has 0 aromatic heterocycles. The van der Waals surface area contributed by atoms with E-state index in [9.17, 15) is 10.1 Å². The number of nitro benzene ring substituents is 1. The van der Waals surface area contributed by atoms with Crippen molar-refractivity contribution < 1.29 is 19.1 Å². The summed E-state index contributed by atoms with van der Waals surface area (Å²) in [5.74, 6) is 1.54. The van der Waals surface area contributed by atoms with Crippen LogP contribution in [0.2, 0.25) is 0 Å².